The van der Waals surface area contributed by atoms with E-state index in [2.05, 4.69) is 20.6 Å². The first-order valence-electron chi connectivity index (χ1n) is 6.45. The molecule has 0 saturated carbocycles. The maximum Gasteiger partial charge on any atom is 0.316 e. The van der Waals surface area contributed by atoms with Crippen molar-refractivity contribution in [2.45, 2.75) is 0 Å². The van der Waals surface area contributed by atoms with Crippen LogP contribution in [-0.2, 0) is 0 Å². The smallest absolute Gasteiger partial charge is 0.316 e. The number of carbonyl (C=O) groups is 1. The van der Waals surface area contributed by atoms with Crippen molar-refractivity contribution in [3.05, 3.63) is 28.8 Å². The van der Waals surface area contributed by atoms with E-state index in [1.165, 1.54) is 11.2 Å². The molecule has 8 heteroatoms. The summed E-state index contributed by atoms with van der Waals surface area (Å²) in [6.45, 7) is 0.968. The van der Waals surface area contributed by atoms with Crippen LogP contribution in [0, 0.1) is 0 Å². The number of hydrogen-bond donors (Lipinski definition) is 4. The minimum Gasteiger partial charge on any atom is -0.397 e. The van der Waals surface area contributed by atoms with Gasteiger partial charge in [0, 0.05) is 27.2 Å². The highest BCUT2D eigenvalue weighted by molar-refractivity contribution is 5.88. The quantitative estimate of drug-likeness (QED) is 0.474. The highest BCUT2D eigenvalue weighted by Gasteiger charge is 2.06. The minimum atomic E-state index is -0.225. The minimum absolute atomic E-state index is 0.156. The van der Waals surface area contributed by atoms with Crippen LogP contribution >= 0.6 is 0 Å². The Balaban J connectivity index is 2.04. The molecule has 0 aliphatic rings. The van der Waals surface area contributed by atoms with E-state index in [0.29, 0.717) is 35.4 Å². The van der Waals surface area contributed by atoms with Crippen LogP contribution in [0.4, 0.5) is 16.2 Å². The molecule has 0 spiro atoms. The lowest BCUT2D eigenvalue weighted by Gasteiger charge is -2.13. The second-order valence-corrected chi connectivity index (χ2v) is 4.74. The van der Waals surface area contributed by atoms with E-state index in [4.69, 9.17) is 5.73 Å². The number of H-pyrrole nitrogens is 1. The van der Waals surface area contributed by atoms with Crippen molar-refractivity contribution in [3.63, 3.8) is 0 Å². The van der Waals surface area contributed by atoms with Crippen LogP contribution in [0.25, 0.3) is 10.9 Å². The number of nitrogen functional groups attached to an aromatic ring is 1. The van der Waals surface area contributed by atoms with E-state index < -0.39 is 0 Å². The Bertz CT molecular complexity index is 709. The van der Waals surface area contributed by atoms with Crippen LogP contribution in [0.3, 0.4) is 0 Å². The number of nitrogens with one attached hydrogen (secondary N) is 3. The first-order valence-corrected chi connectivity index (χ1v) is 6.45. The van der Waals surface area contributed by atoms with Crippen molar-refractivity contribution in [2.75, 3.05) is 38.2 Å². The first kappa shape index (κ1) is 14.6. The van der Waals surface area contributed by atoms with Crippen LogP contribution in [0.15, 0.2) is 23.3 Å². The highest BCUT2D eigenvalue weighted by atomic mass is 16.2. The molecule has 2 rings (SSSR count). The molecule has 0 aliphatic heterocycles. The Kier molecular flexibility index (Phi) is 4.27. The molecule has 112 valence electrons. The van der Waals surface area contributed by atoms with Crippen LogP contribution < -0.4 is 21.9 Å². The third kappa shape index (κ3) is 3.41. The molecule has 1 aromatic heterocycles. The van der Waals surface area contributed by atoms with Gasteiger partial charge in [-0.05, 0) is 12.1 Å². The van der Waals surface area contributed by atoms with E-state index >= 15 is 0 Å². The molecule has 0 saturated heterocycles. The van der Waals surface area contributed by atoms with Crippen molar-refractivity contribution in [1.82, 2.24) is 20.2 Å². The molecular formula is C13H18N6O2. The summed E-state index contributed by atoms with van der Waals surface area (Å²) in [5.74, 6) is 0. The van der Waals surface area contributed by atoms with E-state index in [0.717, 1.165) is 0 Å². The Hall–Kier alpha value is -2.77. The zero-order chi connectivity index (χ0) is 15.4. The molecule has 0 unspecified atom stereocenters. The fourth-order valence-electron chi connectivity index (χ4n) is 1.81. The van der Waals surface area contributed by atoms with Gasteiger partial charge in [0.1, 0.15) is 0 Å². The van der Waals surface area contributed by atoms with Crippen molar-refractivity contribution in [3.8, 4) is 0 Å². The Labute approximate surface area is 121 Å². The van der Waals surface area contributed by atoms with Gasteiger partial charge in [-0.25, -0.2) is 9.78 Å². The second kappa shape index (κ2) is 6.12. The monoisotopic (exact) mass is 290 g/mol. The normalized spacial score (nSPS) is 10.4. The van der Waals surface area contributed by atoms with Crippen LogP contribution in [0.1, 0.15) is 0 Å². The third-order valence-corrected chi connectivity index (χ3v) is 2.93. The Morgan fingerprint density at radius 2 is 2.14 bits per heavy atom. The number of hydrogen-bond acceptors (Lipinski definition) is 5. The molecule has 21 heavy (non-hydrogen) atoms. The predicted molar refractivity (Wildman–Crippen MR) is 82.4 cm³/mol. The second-order valence-electron chi connectivity index (χ2n) is 4.74. The molecule has 0 aliphatic carbocycles. The van der Waals surface area contributed by atoms with Gasteiger partial charge in [0.2, 0.25) is 0 Å². The van der Waals surface area contributed by atoms with E-state index in [9.17, 15) is 9.59 Å². The molecule has 2 aromatic rings. The molecule has 1 heterocycles. The molecule has 1 aromatic carbocycles. The van der Waals surface area contributed by atoms with Gasteiger partial charge in [-0.15, -0.1) is 0 Å². The first-order chi connectivity index (χ1) is 9.99. The standard InChI is InChI=1S/C13H18N6O2/c1-19(2)13(21)16-4-3-15-11-6-10-8(5-9(11)14)12(20)18-7-17-10/h5-7,15H,3-4,14H2,1-2H3,(H,16,21)(H,17,18,20). The lowest BCUT2D eigenvalue weighted by atomic mass is 10.2. The summed E-state index contributed by atoms with van der Waals surface area (Å²) in [5.41, 5.74) is 7.38. The Morgan fingerprint density at radius 1 is 1.38 bits per heavy atom. The van der Waals surface area contributed by atoms with E-state index in [-0.39, 0.29) is 11.6 Å². The summed E-state index contributed by atoms with van der Waals surface area (Å²) >= 11 is 0. The molecule has 0 fully saturated rings. The van der Waals surface area contributed by atoms with Gasteiger partial charge < -0.3 is 26.3 Å². The fourth-order valence-corrected chi connectivity index (χ4v) is 1.81. The third-order valence-electron chi connectivity index (χ3n) is 2.93. The maximum atomic E-state index is 11.6. The molecular weight excluding hydrogens is 272 g/mol. The SMILES string of the molecule is CN(C)C(=O)NCCNc1cc2nc[nH]c(=O)c2cc1N. The van der Waals surface area contributed by atoms with E-state index in [1.54, 1.807) is 26.2 Å². The fraction of sp³-hybridized carbons (Fsp3) is 0.308. The summed E-state index contributed by atoms with van der Waals surface area (Å²) in [4.78, 5) is 31.0. The average Bonchev–Trinajstić information content (AvgIpc) is 2.44. The number of anilines is 2. The number of nitrogens with two attached hydrogens (primary N) is 1. The lowest BCUT2D eigenvalue weighted by Crippen LogP contribution is -2.37. The number of rotatable bonds is 4. The van der Waals surface area contributed by atoms with Gasteiger partial charge in [0.05, 0.1) is 28.6 Å². The van der Waals surface area contributed by atoms with Crippen molar-refractivity contribution in [1.29, 1.82) is 0 Å². The van der Waals surface area contributed by atoms with Gasteiger partial charge in [-0.2, -0.15) is 0 Å². The molecule has 5 N–H and O–H groups in total. The summed E-state index contributed by atoms with van der Waals surface area (Å²) in [6, 6.07) is 3.15. The number of carbonyl (C=O) groups excluding carboxylic acids is 1. The van der Waals surface area contributed by atoms with Gasteiger partial charge in [-0.3, -0.25) is 4.79 Å². The van der Waals surface area contributed by atoms with Crippen LogP contribution in [0.2, 0.25) is 0 Å². The van der Waals surface area contributed by atoms with E-state index in [1.807, 2.05) is 0 Å². The summed E-state index contributed by atoms with van der Waals surface area (Å²) < 4.78 is 0. The number of amides is 2. The summed E-state index contributed by atoms with van der Waals surface area (Å²) in [5, 5.41) is 6.29. The summed E-state index contributed by atoms with van der Waals surface area (Å²) in [6.07, 6.45) is 1.35. The zero-order valence-electron chi connectivity index (χ0n) is 11.9. The Morgan fingerprint density at radius 3 is 2.86 bits per heavy atom. The van der Waals surface area contributed by atoms with Gasteiger partial charge in [-0.1, -0.05) is 0 Å². The number of aromatic nitrogens is 2. The van der Waals surface area contributed by atoms with Crippen molar-refractivity contribution in [2.24, 2.45) is 0 Å². The van der Waals surface area contributed by atoms with Crippen molar-refractivity contribution < 1.29 is 4.79 Å². The maximum absolute atomic E-state index is 11.6. The molecule has 8 nitrogen and oxygen atoms in total. The van der Waals surface area contributed by atoms with Gasteiger partial charge in [0.25, 0.3) is 5.56 Å². The summed E-state index contributed by atoms with van der Waals surface area (Å²) in [7, 11) is 3.35. The molecule has 0 atom stereocenters. The molecule has 2 amide bonds. The van der Waals surface area contributed by atoms with Gasteiger partial charge >= 0.3 is 6.03 Å². The van der Waals surface area contributed by atoms with Crippen LogP contribution in [0.5, 0.6) is 0 Å². The van der Waals surface area contributed by atoms with Crippen molar-refractivity contribution >= 4 is 28.3 Å². The lowest BCUT2D eigenvalue weighted by molar-refractivity contribution is 0.218. The topological polar surface area (TPSA) is 116 Å². The number of fused-ring (bicyclic) bond motifs is 1. The largest absolute Gasteiger partial charge is 0.397 e. The number of nitrogens with zero attached hydrogens (tertiary/aromatic N) is 2. The average molecular weight is 290 g/mol. The highest BCUT2D eigenvalue weighted by Crippen LogP contribution is 2.22. The zero-order valence-corrected chi connectivity index (χ0v) is 11.9. The number of benzene rings is 1. The van der Waals surface area contributed by atoms with Gasteiger partial charge in [0.15, 0.2) is 0 Å². The van der Waals surface area contributed by atoms with Crippen LogP contribution in [-0.4, -0.2) is 48.1 Å². The molecule has 0 bridgehead atoms. The number of aromatic amines is 1. The predicted octanol–water partition coefficient (Wildman–Crippen LogP) is 0.188. The number of urea groups is 1. The molecule has 0 radical (unpaired) electrons.